The van der Waals surface area contributed by atoms with Gasteiger partial charge in [-0.1, -0.05) is 0 Å². The Kier molecular flexibility index (Phi) is 5.12. The van der Waals surface area contributed by atoms with Crippen LogP contribution in [-0.2, 0) is 6.54 Å². The van der Waals surface area contributed by atoms with Crippen molar-refractivity contribution < 1.29 is 8.78 Å². The fourth-order valence-electron chi connectivity index (χ4n) is 5.03. The second-order valence-electron chi connectivity index (χ2n) is 9.44. The van der Waals surface area contributed by atoms with Gasteiger partial charge in [0.1, 0.15) is 0 Å². The lowest BCUT2D eigenvalue weighted by molar-refractivity contribution is 0.0115. The summed E-state index contributed by atoms with van der Waals surface area (Å²) in [5.41, 5.74) is 8.14. The lowest BCUT2D eigenvalue weighted by Crippen LogP contribution is -2.24. The topological polar surface area (TPSA) is 86.4 Å². The molecule has 1 aliphatic heterocycles. The number of alkyl halides is 2. The Morgan fingerprint density at radius 3 is 2.70 bits per heavy atom. The predicted octanol–water partition coefficient (Wildman–Crippen LogP) is 6.13. The minimum Gasteiger partial charge on any atom is -0.352 e. The molecule has 7 heterocycles. The number of H-pyrrole nitrogens is 2. The number of nitrogens with zero attached hydrogens (tertiary/aromatic N) is 5. The number of aromatic nitrogens is 6. The summed E-state index contributed by atoms with van der Waals surface area (Å²) in [5.74, 6) is -2.61. The van der Waals surface area contributed by atoms with Gasteiger partial charge in [-0.2, -0.15) is 16.4 Å². The van der Waals surface area contributed by atoms with Crippen LogP contribution in [0.2, 0.25) is 0 Å². The van der Waals surface area contributed by atoms with E-state index in [-0.39, 0.29) is 13.0 Å². The van der Waals surface area contributed by atoms with Gasteiger partial charge in [0.05, 0.1) is 29.6 Å². The molecule has 0 amide bonds. The highest BCUT2D eigenvalue weighted by Gasteiger charge is 2.37. The summed E-state index contributed by atoms with van der Waals surface area (Å²) in [5, 5.41) is 13.7. The van der Waals surface area contributed by atoms with E-state index in [1.807, 2.05) is 24.5 Å². The zero-order valence-electron chi connectivity index (χ0n) is 19.6. The van der Waals surface area contributed by atoms with E-state index in [1.54, 1.807) is 34.8 Å². The Hall–Kier alpha value is -4.02. The van der Waals surface area contributed by atoms with Crippen LogP contribution in [0.15, 0.2) is 66.0 Å². The summed E-state index contributed by atoms with van der Waals surface area (Å²) < 4.78 is 27.2. The fraction of sp³-hybridized carbons (Fsp3) is 0.185. The summed E-state index contributed by atoms with van der Waals surface area (Å²) in [6, 6.07) is 8.23. The molecule has 1 aliphatic rings. The Bertz CT molecular complexity index is 1740. The maximum Gasteiger partial charge on any atom is 0.261 e. The van der Waals surface area contributed by atoms with Crippen LogP contribution in [0.25, 0.3) is 55.6 Å². The van der Waals surface area contributed by atoms with E-state index in [4.69, 9.17) is 0 Å². The van der Waals surface area contributed by atoms with Crippen molar-refractivity contribution >= 4 is 33.3 Å². The first-order valence-corrected chi connectivity index (χ1v) is 12.8. The minimum atomic E-state index is -2.61. The van der Waals surface area contributed by atoms with Crippen molar-refractivity contribution in [3.05, 3.63) is 71.6 Å². The Labute approximate surface area is 214 Å². The number of halogens is 2. The van der Waals surface area contributed by atoms with Crippen molar-refractivity contribution in [2.75, 3.05) is 13.1 Å². The molecule has 10 heteroatoms. The first kappa shape index (κ1) is 22.2. The van der Waals surface area contributed by atoms with Gasteiger partial charge in [-0.05, 0) is 46.2 Å². The highest BCUT2D eigenvalue weighted by Crippen LogP contribution is 2.35. The number of pyridine rings is 3. The van der Waals surface area contributed by atoms with Gasteiger partial charge in [0.15, 0.2) is 5.65 Å². The van der Waals surface area contributed by atoms with Gasteiger partial charge in [0.25, 0.3) is 5.92 Å². The molecule has 1 fully saturated rings. The number of hydrogen-bond acceptors (Lipinski definition) is 6. The molecular weight excluding hydrogens is 492 g/mol. The van der Waals surface area contributed by atoms with Crippen LogP contribution < -0.4 is 0 Å². The van der Waals surface area contributed by atoms with E-state index >= 15 is 0 Å². The van der Waals surface area contributed by atoms with Crippen molar-refractivity contribution in [3.63, 3.8) is 0 Å². The van der Waals surface area contributed by atoms with Gasteiger partial charge in [-0.25, -0.2) is 13.8 Å². The van der Waals surface area contributed by atoms with Crippen LogP contribution in [0.1, 0.15) is 12.0 Å². The van der Waals surface area contributed by atoms with Crippen molar-refractivity contribution in [2.45, 2.75) is 18.9 Å². The van der Waals surface area contributed by atoms with Gasteiger partial charge in [0.2, 0.25) is 0 Å². The van der Waals surface area contributed by atoms with Crippen LogP contribution in [-0.4, -0.2) is 54.0 Å². The SMILES string of the molecule is FC1(F)CCN(Cc2cncc(-c3cnc4n[nH]c(-c5cc6c(-c7ccsc7)cncc6[nH]5)c4c3)c2)C1. The molecule has 6 aromatic rings. The van der Waals surface area contributed by atoms with Crippen molar-refractivity contribution in [2.24, 2.45) is 0 Å². The lowest BCUT2D eigenvalue weighted by atomic mass is 10.1. The number of hydrogen-bond donors (Lipinski definition) is 2. The molecule has 6 aromatic heterocycles. The third-order valence-corrected chi connectivity index (χ3v) is 7.52. The van der Waals surface area contributed by atoms with Crippen LogP contribution in [0.4, 0.5) is 8.78 Å². The van der Waals surface area contributed by atoms with Gasteiger partial charge >= 0.3 is 0 Å². The second kappa shape index (κ2) is 8.53. The Morgan fingerprint density at radius 2 is 1.86 bits per heavy atom. The highest BCUT2D eigenvalue weighted by atomic mass is 32.1. The van der Waals surface area contributed by atoms with Gasteiger partial charge in [-0.15, -0.1) is 0 Å². The van der Waals surface area contributed by atoms with E-state index in [0.29, 0.717) is 18.7 Å². The van der Waals surface area contributed by atoms with Gasteiger partial charge in [0, 0.05) is 71.8 Å². The first-order valence-electron chi connectivity index (χ1n) is 11.9. The number of aromatic amines is 2. The van der Waals surface area contributed by atoms with E-state index in [1.165, 1.54) is 0 Å². The van der Waals surface area contributed by atoms with E-state index < -0.39 is 5.92 Å². The number of fused-ring (bicyclic) bond motifs is 2. The Morgan fingerprint density at radius 1 is 0.973 bits per heavy atom. The normalized spacial score (nSPS) is 15.7. The monoisotopic (exact) mass is 513 g/mol. The van der Waals surface area contributed by atoms with Crippen LogP contribution in [0, 0.1) is 0 Å². The first-order chi connectivity index (χ1) is 18.0. The molecule has 0 unspecified atom stereocenters. The molecule has 37 heavy (non-hydrogen) atoms. The summed E-state index contributed by atoms with van der Waals surface area (Å²) in [6.07, 6.45) is 8.88. The van der Waals surface area contributed by atoms with Crippen LogP contribution in [0.3, 0.4) is 0 Å². The lowest BCUT2D eigenvalue weighted by Gasteiger charge is -2.15. The summed E-state index contributed by atoms with van der Waals surface area (Å²) in [4.78, 5) is 18.6. The number of nitrogens with one attached hydrogen (secondary N) is 2. The van der Waals surface area contributed by atoms with Crippen molar-refractivity contribution in [1.82, 2.24) is 35.0 Å². The van der Waals surface area contributed by atoms with E-state index in [9.17, 15) is 8.78 Å². The summed E-state index contributed by atoms with van der Waals surface area (Å²) >= 11 is 1.65. The molecule has 0 spiro atoms. The molecule has 0 aliphatic carbocycles. The number of rotatable bonds is 5. The molecule has 7 rings (SSSR count). The molecule has 0 saturated carbocycles. The van der Waals surface area contributed by atoms with Crippen molar-refractivity contribution in [3.8, 4) is 33.6 Å². The molecule has 0 atom stereocenters. The van der Waals surface area contributed by atoms with E-state index in [0.717, 1.165) is 55.5 Å². The molecule has 1 saturated heterocycles. The van der Waals surface area contributed by atoms with Gasteiger partial charge < -0.3 is 4.98 Å². The standard InChI is InChI=1S/C27H21F2N7S/c28-27(29)2-3-36(15-27)13-16-5-18(9-30-8-16)19-6-21-25(34-35-26(21)32-10-19)23-7-20-22(17-1-4-37-14-17)11-31-12-24(20)33-23/h1,4-12,14,33H,2-3,13,15H2,(H,32,34,35). The molecule has 2 N–H and O–H groups in total. The van der Waals surface area contributed by atoms with E-state index in [2.05, 4.69) is 53.0 Å². The average Bonchev–Trinajstić information content (AvgIpc) is 3.69. The predicted molar refractivity (Wildman–Crippen MR) is 140 cm³/mol. The smallest absolute Gasteiger partial charge is 0.261 e. The third-order valence-electron chi connectivity index (χ3n) is 6.84. The van der Waals surface area contributed by atoms with Gasteiger partial charge in [-0.3, -0.25) is 20.0 Å². The second-order valence-corrected chi connectivity index (χ2v) is 10.2. The maximum absolute atomic E-state index is 13.6. The van der Waals surface area contributed by atoms with Crippen LogP contribution in [0.5, 0.6) is 0 Å². The van der Waals surface area contributed by atoms with Crippen LogP contribution >= 0.6 is 11.3 Å². The number of likely N-dealkylation sites (tertiary alicyclic amines) is 1. The third kappa shape index (κ3) is 4.08. The molecule has 184 valence electrons. The fourth-order valence-corrected chi connectivity index (χ4v) is 5.68. The Balaban J connectivity index is 1.24. The maximum atomic E-state index is 13.6. The highest BCUT2D eigenvalue weighted by molar-refractivity contribution is 7.08. The minimum absolute atomic E-state index is 0.0947. The average molecular weight is 514 g/mol. The largest absolute Gasteiger partial charge is 0.352 e. The zero-order valence-corrected chi connectivity index (χ0v) is 20.4. The van der Waals surface area contributed by atoms with Crippen molar-refractivity contribution in [1.29, 1.82) is 0 Å². The number of thiophene rings is 1. The molecule has 0 bridgehead atoms. The molecule has 7 nitrogen and oxygen atoms in total. The zero-order chi connectivity index (χ0) is 25.0. The summed E-state index contributed by atoms with van der Waals surface area (Å²) in [6.45, 7) is 0.618. The molecule has 0 aromatic carbocycles. The molecule has 0 radical (unpaired) electrons. The summed E-state index contributed by atoms with van der Waals surface area (Å²) in [7, 11) is 0. The quantitative estimate of drug-likeness (QED) is 0.290. The molecular formula is C27H21F2N7S.